The molecule has 1 aromatic heterocycles. The molecule has 0 amide bonds. The minimum Gasteiger partial charge on any atom is -0.503 e. The Hall–Kier alpha value is -1.95. The third-order valence-corrected chi connectivity index (χ3v) is 2.21. The molecule has 2 rings (SSSR count). The second kappa shape index (κ2) is 3.57. The van der Waals surface area contributed by atoms with E-state index in [-0.39, 0.29) is 17.5 Å². The van der Waals surface area contributed by atoms with Crippen molar-refractivity contribution in [2.75, 3.05) is 0 Å². The molecule has 0 aliphatic carbocycles. The van der Waals surface area contributed by atoms with E-state index >= 15 is 0 Å². The van der Waals surface area contributed by atoms with Gasteiger partial charge >= 0.3 is 5.63 Å². The molecule has 0 saturated heterocycles. The van der Waals surface area contributed by atoms with Crippen molar-refractivity contribution in [3.63, 3.8) is 0 Å². The Morgan fingerprint density at radius 1 is 1.38 bits per heavy atom. The van der Waals surface area contributed by atoms with Crippen LogP contribution in [0.4, 0.5) is 8.78 Å². The van der Waals surface area contributed by atoms with E-state index in [4.69, 9.17) is 10.8 Å². The van der Waals surface area contributed by atoms with Gasteiger partial charge in [-0.2, -0.15) is 4.39 Å². The normalized spacial score (nSPS) is 10.9. The summed E-state index contributed by atoms with van der Waals surface area (Å²) < 4.78 is 31.0. The third kappa shape index (κ3) is 1.43. The van der Waals surface area contributed by atoms with Gasteiger partial charge in [0.05, 0.1) is 0 Å². The van der Waals surface area contributed by atoms with Gasteiger partial charge in [0, 0.05) is 18.0 Å². The van der Waals surface area contributed by atoms with Crippen LogP contribution in [0.25, 0.3) is 11.0 Å². The molecule has 2 aromatic rings. The number of rotatable bonds is 1. The molecular formula is C10H7F2NO3. The monoisotopic (exact) mass is 227 g/mol. The molecular weight excluding hydrogens is 220 g/mol. The smallest absolute Gasteiger partial charge is 0.336 e. The highest BCUT2D eigenvalue weighted by Gasteiger charge is 2.17. The fourth-order valence-corrected chi connectivity index (χ4v) is 1.45. The van der Waals surface area contributed by atoms with Crippen molar-refractivity contribution in [3.05, 3.63) is 39.8 Å². The van der Waals surface area contributed by atoms with Crippen LogP contribution in [0, 0.1) is 11.6 Å². The Labute approximate surface area is 87.9 Å². The maximum absolute atomic E-state index is 13.4. The Kier molecular flexibility index (Phi) is 2.35. The summed E-state index contributed by atoms with van der Waals surface area (Å²) in [5.41, 5.74) is 4.29. The van der Waals surface area contributed by atoms with Crippen LogP contribution in [0.15, 0.2) is 21.3 Å². The minimum absolute atomic E-state index is 0.0369. The Bertz CT molecular complexity index is 621. The van der Waals surface area contributed by atoms with Crippen LogP contribution >= 0.6 is 0 Å². The van der Waals surface area contributed by atoms with Gasteiger partial charge in [-0.15, -0.1) is 0 Å². The molecule has 0 aliphatic heterocycles. The zero-order valence-corrected chi connectivity index (χ0v) is 7.96. The first-order valence-corrected chi connectivity index (χ1v) is 4.38. The lowest BCUT2D eigenvalue weighted by molar-refractivity contribution is 0.392. The molecule has 0 bridgehead atoms. The van der Waals surface area contributed by atoms with E-state index in [0.29, 0.717) is 0 Å². The van der Waals surface area contributed by atoms with Crippen LogP contribution in [-0.2, 0) is 6.54 Å². The van der Waals surface area contributed by atoms with Gasteiger partial charge in [-0.1, -0.05) is 0 Å². The predicted octanol–water partition coefficient (Wildman–Crippen LogP) is 1.24. The summed E-state index contributed by atoms with van der Waals surface area (Å²) in [6.07, 6.45) is 0. The Balaban J connectivity index is 3.00. The molecule has 1 aromatic carbocycles. The van der Waals surface area contributed by atoms with Crippen LogP contribution in [-0.4, -0.2) is 5.11 Å². The summed E-state index contributed by atoms with van der Waals surface area (Å²) >= 11 is 0. The molecule has 0 atom stereocenters. The molecule has 3 N–H and O–H groups in total. The summed E-state index contributed by atoms with van der Waals surface area (Å²) in [6, 6.07) is 1.93. The molecule has 0 spiro atoms. The summed E-state index contributed by atoms with van der Waals surface area (Å²) in [7, 11) is 0. The highest BCUT2D eigenvalue weighted by Crippen LogP contribution is 2.29. The van der Waals surface area contributed by atoms with Gasteiger partial charge in [0.2, 0.25) is 5.82 Å². The van der Waals surface area contributed by atoms with Gasteiger partial charge in [0.1, 0.15) is 0 Å². The van der Waals surface area contributed by atoms with Crippen molar-refractivity contribution in [1.82, 2.24) is 0 Å². The van der Waals surface area contributed by atoms with Gasteiger partial charge in [0.15, 0.2) is 17.1 Å². The quantitative estimate of drug-likeness (QED) is 0.718. The Morgan fingerprint density at radius 3 is 2.69 bits per heavy atom. The number of benzene rings is 1. The van der Waals surface area contributed by atoms with E-state index in [1.807, 2.05) is 0 Å². The van der Waals surface area contributed by atoms with Crippen LogP contribution in [0.5, 0.6) is 5.75 Å². The number of phenols is 1. The lowest BCUT2D eigenvalue weighted by atomic mass is 10.1. The highest BCUT2D eigenvalue weighted by atomic mass is 19.1. The number of fused-ring (bicyclic) bond motifs is 1. The number of phenolic OH excluding ortho intramolecular Hbond substituents is 1. The highest BCUT2D eigenvalue weighted by molar-refractivity contribution is 5.82. The van der Waals surface area contributed by atoms with Crippen molar-refractivity contribution in [1.29, 1.82) is 0 Å². The van der Waals surface area contributed by atoms with E-state index in [0.717, 1.165) is 12.1 Å². The number of halogens is 2. The largest absolute Gasteiger partial charge is 0.503 e. The average molecular weight is 227 g/mol. The van der Waals surface area contributed by atoms with Gasteiger partial charge in [-0.25, -0.2) is 9.18 Å². The fourth-order valence-electron chi connectivity index (χ4n) is 1.45. The average Bonchev–Trinajstić information content (AvgIpc) is 2.26. The van der Waals surface area contributed by atoms with Crippen LogP contribution in [0.2, 0.25) is 0 Å². The summed E-state index contributed by atoms with van der Waals surface area (Å²) in [4.78, 5) is 11.0. The standard InChI is InChI=1S/C10H7F2NO3/c11-6-2-5-4(3-13)1-7(14)16-10(5)8(12)9(6)15/h1-2,15H,3,13H2. The van der Waals surface area contributed by atoms with Gasteiger partial charge < -0.3 is 15.3 Å². The number of hydrogen-bond acceptors (Lipinski definition) is 4. The second-order valence-electron chi connectivity index (χ2n) is 3.19. The van der Waals surface area contributed by atoms with E-state index in [1.165, 1.54) is 0 Å². The Morgan fingerprint density at radius 2 is 2.06 bits per heavy atom. The van der Waals surface area contributed by atoms with Crippen molar-refractivity contribution in [2.45, 2.75) is 6.54 Å². The lowest BCUT2D eigenvalue weighted by Crippen LogP contribution is -2.06. The molecule has 84 valence electrons. The molecule has 0 radical (unpaired) electrons. The molecule has 0 fully saturated rings. The first-order valence-electron chi connectivity index (χ1n) is 4.38. The number of aromatic hydroxyl groups is 1. The second-order valence-corrected chi connectivity index (χ2v) is 3.19. The number of hydrogen-bond donors (Lipinski definition) is 2. The summed E-state index contributed by atoms with van der Waals surface area (Å²) in [5, 5.41) is 9.05. The zero-order chi connectivity index (χ0) is 11.9. The molecule has 0 unspecified atom stereocenters. The topological polar surface area (TPSA) is 76.5 Å². The van der Waals surface area contributed by atoms with Crippen LogP contribution in [0.3, 0.4) is 0 Å². The van der Waals surface area contributed by atoms with Crippen LogP contribution < -0.4 is 11.4 Å². The third-order valence-electron chi connectivity index (χ3n) is 2.21. The molecule has 6 heteroatoms. The number of nitrogens with two attached hydrogens (primary N) is 1. The van der Waals surface area contributed by atoms with Gasteiger partial charge in [0.25, 0.3) is 0 Å². The van der Waals surface area contributed by atoms with Crippen molar-refractivity contribution >= 4 is 11.0 Å². The molecule has 0 saturated carbocycles. The van der Waals surface area contributed by atoms with E-state index in [9.17, 15) is 13.6 Å². The zero-order valence-electron chi connectivity index (χ0n) is 7.96. The first kappa shape index (κ1) is 10.6. The molecule has 0 aliphatic rings. The molecule has 16 heavy (non-hydrogen) atoms. The minimum atomic E-state index is -1.30. The van der Waals surface area contributed by atoms with Crippen molar-refractivity contribution < 1.29 is 18.3 Å². The van der Waals surface area contributed by atoms with E-state index in [1.54, 1.807) is 0 Å². The molecule has 4 nitrogen and oxygen atoms in total. The SMILES string of the molecule is NCc1cc(=O)oc2c(F)c(O)c(F)cc12. The van der Waals surface area contributed by atoms with Crippen LogP contribution in [0.1, 0.15) is 5.56 Å². The maximum atomic E-state index is 13.4. The van der Waals surface area contributed by atoms with Crippen molar-refractivity contribution in [3.8, 4) is 5.75 Å². The molecule has 1 heterocycles. The first-order chi connectivity index (χ1) is 7.54. The van der Waals surface area contributed by atoms with Gasteiger partial charge in [-0.3, -0.25) is 0 Å². The predicted molar refractivity (Wildman–Crippen MR) is 52.0 cm³/mol. The fraction of sp³-hybridized carbons (Fsp3) is 0.100. The van der Waals surface area contributed by atoms with E-state index < -0.39 is 28.6 Å². The maximum Gasteiger partial charge on any atom is 0.336 e. The van der Waals surface area contributed by atoms with Crippen molar-refractivity contribution in [2.24, 2.45) is 5.73 Å². The van der Waals surface area contributed by atoms with E-state index in [2.05, 4.69) is 4.42 Å². The lowest BCUT2D eigenvalue weighted by Gasteiger charge is -2.05. The summed E-state index contributed by atoms with van der Waals surface area (Å²) in [6.45, 7) is -0.0637. The summed E-state index contributed by atoms with van der Waals surface area (Å²) in [5.74, 6) is -3.61. The van der Waals surface area contributed by atoms with Gasteiger partial charge in [-0.05, 0) is 11.6 Å².